The van der Waals surface area contributed by atoms with Crippen molar-refractivity contribution < 1.29 is 47.7 Å². The van der Waals surface area contributed by atoms with Crippen LogP contribution in [0.15, 0.2) is 0 Å². The molecule has 0 spiro atoms. The highest BCUT2D eigenvalue weighted by Crippen LogP contribution is 2.20. The molecule has 382 valence electrons. The van der Waals surface area contributed by atoms with Crippen LogP contribution < -0.4 is 0 Å². The van der Waals surface area contributed by atoms with Gasteiger partial charge in [0.05, 0.1) is 5.92 Å². The van der Waals surface area contributed by atoms with Gasteiger partial charge in [0, 0.05) is 32.1 Å². The van der Waals surface area contributed by atoms with Crippen LogP contribution in [0.2, 0.25) is 0 Å². The number of esters is 5. The van der Waals surface area contributed by atoms with Gasteiger partial charge in [-0.3, -0.25) is 24.0 Å². The number of carbonyl (C=O) groups excluding carboxylic acids is 5. The number of carbonyl (C=O) groups is 5. The van der Waals surface area contributed by atoms with E-state index in [2.05, 4.69) is 27.7 Å². The first kappa shape index (κ1) is 62.3. The minimum Gasteiger partial charge on any atom is -0.465 e. The Morgan fingerprint density at radius 1 is 0.338 bits per heavy atom. The van der Waals surface area contributed by atoms with Crippen LogP contribution in [0.25, 0.3) is 0 Å². The normalized spacial score (nSPS) is 11.5. The Bertz CT molecular complexity index is 1040. The van der Waals surface area contributed by atoms with E-state index in [1.54, 1.807) is 0 Å². The summed E-state index contributed by atoms with van der Waals surface area (Å²) in [6.07, 6.45) is 33.8. The molecule has 65 heavy (non-hydrogen) atoms. The Labute approximate surface area is 398 Å². The largest absolute Gasteiger partial charge is 0.465 e. The quantitative estimate of drug-likeness (QED) is 0.0328. The van der Waals surface area contributed by atoms with Gasteiger partial charge in [0.1, 0.15) is 32.0 Å². The van der Waals surface area contributed by atoms with Gasteiger partial charge in [-0.05, 0) is 91.3 Å². The number of unbranched alkanes of at least 4 members (excludes halogenated alkanes) is 20. The zero-order valence-corrected chi connectivity index (χ0v) is 43.0. The first-order valence-corrected chi connectivity index (χ1v) is 27.0. The lowest BCUT2D eigenvalue weighted by atomic mass is 10.0. The first-order valence-electron chi connectivity index (χ1n) is 27.0. The average Bonchev–Trinajstić information content (AvgIpc) is 3.27. The molecule has 0 amide bonds. The van der Waals surface area contributed by atoms with Crippen molar-refractivity contribution in [1.82, 2.24) is 4.90 Å². The number of rotatable bonds is 48. The second-order valence-electron chi connectivity index (χ2n) is 19.0. The zero-order valence-electron chi connectivity index (χ0n) is 43.0. The van der Waals surface area contributed by atoms with E-state index in [0.29, 0.717) is 19.3 Å². The molecule has 0 saturated carbocycles. The molecule has 0 fully saturated rings. The smallest absolute Gasteiger partial charge is 0.306 e. The van der Waals surface area contributed by atoms with Gasteiger partial charge in [0.2, 0.25) is 0 Å². The average molecular weight is 924 g/mol. The highest BCUT2D eigenvalue weighted by atomic mass is 16.6. The van der Waals surface area contributed by atoms with E-state index in [1.807, 2.05) is 19.0 Å². The Kier molecular flexibility index (Phi) is 44.5. The van der Waals surface area contributed by atoms with Gasteiger partial charge in [-0.2, -0.15) is 0 Å². The molecule has 0 aliphatic carbocycles. The summed E-state index contributed by atoms with van der Waals surface area (Å²) in [4.78, 5) is 65.8. The topological polar surface area (TPSA) is 135 Å². The van der Waals surface area contributed by atoms with Crippen molar-refractivity contribution in [3.63, 3.8) is 0 Å². The monoisotopic (exact) mass is 924 g/mol. The summed E-state index contributed by atoms with van der Waals surface area (Å²) in [5.41, 5.74) is 0. The van der Waals surface area contributed by atoms with Crippen LogP contribution in [0.1, 0.15) is 259 Å². The van der Waals surface area contributed by atoms with Crippen LogP contribution >= 0.6 is 0 Å². The van der Waals surface area contributed by atoms with Crippen molar-refractivity contribution >= 4 is 29.8 Å². The lowest BCUT2D eigenvalue weighted by Gasteiger charge is -2.19. The second-order valence-corrected chi connectivity index (χ2v) is 19.0. The molecular weight excluding hydrogens is 823 g/mol. The molecule has 0 aromatic carbocycles. The van der Waals surface area contributed by atoms with Crippen LogP contribution in [0.5, 0.6) is 0 Å². The molecule has 0 heterocycles. The maximum absolute atomic E-state index is 12.9. The summed E-state index contributed by atoms with van der Waals surface area (Å²) < 4.78 is 28.4. The van der Waals surface area contributed by atoms with Crippen LogP contribution in [-0.4, -0.2) is 87.4 Å². The minimum absolute atomic E-state index is 0.0420. The molecule has 0 atom stereocenters. The predicted molar refractivity (Wildman–Crippen MR) is 264 cm³/mol. The highest BCUT2D eigenvalue weighted by molar-refractivity contribution is 5.73. The van der Waals surface area contributed by atoms with E-state index in [4.69, 9.17) is 23.7 Å². The van der Waals surface area contributed by atoms with Crippen LogP contribution in [-0.2, 0) is 47.7 Å². The lowest BCUT2D eigenvalue weighted by Crippen LogP contribution is -2.26. The van der Waals surface area contributed by atoms with Crippen molar-refractivity contribution in [2.24, 2.45) is 5.92 Å². The number of ether oxygens (including phenoxy) is 5. The van der Waals surface area contributed by atoms with E-state index in [1.165, 1.54) is 103 Å². The Morgan fingerprint density at radius 2 is 0.600 bits per heavy atom. The molecule has 0 saturated heterocycles. The molecule has 0 bridgehead atoms. The summed E-state index contributed by atoms with van der Waals surface area (Å²) in [6, 6.07) is 0. The fraction of sp³-hybridized carbons (Fsp3) is 0.907. The van der Waals surface area contributed by atoms with Crippen molar-refractivity contribution in [1.29, 1.82) is 0 Å². The summed E-state index contributed by atoms with van der Waals surface area (Å²) in [7, 11) is 3.87. The number of hydrogen-bond acceptors (Lipinski definition) is 11. The molecular formula is C54H101NO10. The second kappa shape index (κ2) is 46.4. The third-order valence-corrected chi connectivity index (χ3v) is 12.1. The fourth-order valence-electron chi connectivity index (χ4n) is 7.91. The standard InChI is InChI=1S/C54H101NO10/c1-7-11-15-19-23-27-34-48(35-28-24-20-16-12-8-2)64-53(59)40-31-38-50(56)61-44-47(46-63-52(58)42-33-43-55(5)6)45-62-51(57)39-32-41-54(60)65-49(36-29-25-21-17-13-9-3)37-30-26-22-18-14-10-4/h47-49H,7-46H2,1-6H3. The van der Waals surface area contributed by atoms with Crippen molar-refractivity contribution in [3.8, 4) is 0 Å². The molecule has 0 N–H and O–H groups in total. The fourth-order valence-corrected chi connectivity index (χ4v) is 7.91. The molecule has 0 aromatic heterocycles. The van der Waals surface area contributed by atoms with E-state index in [-0.39, 0.29) is 82.0 Å². The molecule has 0 aromatic rings. The van der Waals surface area contributed by atoms with E-state index in [0.717, 1.165) is 83.6 Å². The van der Waals surface area contributed by atoms with Gasteiger partial charge in [-0.25, -0.2) is 0 Å². The lowest BCUT2D eigenvalue weighted by molar-refractivity contribution is -0.153. The van der Waals surface area contributed by atoms with Crippen LogP contribution in [0, 0.1) is 5.92 Å². The van der Waals surface area contributed by atoms with Gasteiger partial charge in [0.15, 0.2) is 0 Å². The molecule has 0 radical (unpaired) electrons. The van der Waals surface area contributed by atoms with Gasteiger partial charge < -0.3 is 28.6 Å². The Morgan fingerprint density at radius 3 is 0.892 bits per heavy atom. The zero-order chi connectivity index (χ0) is 48.0. The Hall–Kier alpha value is -2.69. The van der Waals surface area contributed by atoms with Crippen molar-refractivity contribution in [2.45, 2.75) is 271 Å². The van der Waals surface area contributed by atoms with Crippen LogP contribution in [0.4, 0.5) is 0 Å². The molecule has 0 aliphatic heterocycles. The first-order chi connectivity index (χ1) is 31.5. The van der Waals surface area contributed by atoms with Gasteiger partial charge in [-0.1, -0.05) is 156 Å². The molecule has 11 nitrogen and oxygen atoms in total. The molecule has 0 aliphatic rings. The Balaban J connectivity index is 5.02. The van der Waals surface area contributed by atoms with Crippen LogP contribution in [0.3, 0.4) is 0 Å². The van der Waals surface area contributed by atoms with Crippen molar-refractivity contribution in [2.75, 3.05) is 40.5 Å². The maximum atomic E-state index is 12.9. The van der Waals surface area contributed by atoms with E-state index >= 15 is 0 Å². The maximum Gasteiger partial charge on any atom is 0.306 e. The minimum atomic E-state index is -0.565. The molecule has 0 unspecified atom stereocenters. The van der Waals surface area contributed by atoms with Crippen molar-refractivity contribution in [3.05, 3.63) is 0 Å². The summed E-state index contributed by atoms with van der Waals surface area (Å²) in [5, 5.41) is 0. The van der Waals surface area contributed by atoms with E-state index in [9.17, 15) is 24.0 Å². The molecule has 11 heteroatoms. The summed E-state index contributed by atoms with van der Waals surface area (Å²) in [5.74, 6) is -2.45. The van der Waals surface area contributed by atoms with Gasteiger partial charge in [-0.15, -0.1) is 0 Å². The SMILES string of the molecule is CCCCCCCCC(CCCCCCCC)OC(=O)CCCC(=O)OCC(COC(=O)CCCC(=O)OC(CCCCCCCC)CCCCCCCC)COC(=O)CCCN(C)C. The van der Waals surface area contributed by atoms with Gasteiger partial charge in [0.25, 0.3) is 0 Å². The predicted octanol–water partition coefficient (Wildman–Crippen LogP) is 13.7. The number of nitrogens with zero attached hydrogens (tertiary/aromatic N) is 1. The molecule has 0 rings (SSSR count). The van der Waals surface area contributed by atoms with Gasteiger partial charge >= 0.3 is 29.8 Å². The third kappa shape index (κ3) is 43.6. The number of hydrogen-bond donors (Lipinski definition) is 0. The highest BCUT2D eigenvalue weighted by Gasteiger charge is 2.20. The third-order valence-electron chi connectivity index (χ3n) is 12.1. The summed E-state index contributed by atoms with van der Waals surface area (Å²) in [6.45, 7) is 9.33. The van der Waals surface area contributed by atoms with E-state index < -0.39 is 17.9 Å². The summed E-state index contributed by atoms with van der Waals surface area (Å²) >= 11 is 0.